The van der Waals surface area contributed by atoms with E-state index < -0.39 is 5.41 Å². The third-order valence-corrected chi connectivity index (χ3v) is 6.09. The van der Waals surface area contributed by atoms with Gasteiger partial charge in [0.25, 0.3) is 0 Å². The highest BCUT2D eigenvalue weighted by Gasteiger charge is 2.62. The molecule has 2 amide bonds. The molecule has 1 aromatic carbocycles. The first-order valence-corrected chi connectivity index (χ1v) is 8.34. The number of hydrogen-bond acceptors (Lipinski definition) is 4. The predicted octanol–water partition coefficient (Wildman–Crippen LogP) is 1.41. The van der Waals surface area contributed by atoms with Crippen LogP contribution in [0.15, 0.2) is 24.3 Å². The largest absolute Gasteiger partial charge is 0.367 e. The highest BCUT2D eigenvalue weighted by molar-refractivity contribution is 7.80. The molecule has 3 aliphatic heterocycles. The minimum Gasteiger partial charge on any atom is -0.367 e. The molecule has 5 nitrogen and oxygen atoms in total. The molecule has 0 N–H and O–H groups in total. The van der Waals surface area contributed by atoms with Crippen LogP contribution in [0.2, 0.25) is 0 Å². The summed E-state index contributed by atoms with van der Waals surface area (Å²) in [4.78, 5) is 31.6. The van der Waals surface area contributed by atoms with E-state index in [0.717, 1.165) is 24.9 Å². The number of carbonyl (C=O) groups excluding carboxylic acids is 2. The molecule has 120 valence electrons. The molecule has 0 radical (unpaired) electrons. The van der Waals surface area contributed by atoms with Crippen LogP contribution in [0.3, 0.4) is 0 Å². The molecular formula is C17H19N3O2S. The Hall–Kier alpha value is -1.95. The van der Waals surface area contributed by atoms with Gasteiger partial charge in [-0.25, -0.2) is 0 Å². The molecule has 3 heterocycles. The van der Waals surface area contributed by atoms with Gasteiger partial charge in [-0.3, -0.25) is 19.4 Å². The van der Waals surface area contributed by atoms with Gasteiger partial charge in [-0.2, -0.15) is 0 Å². The van der Waals surface area contributed by atoms with E-state index in [9.17, 15) is 9.59 Å². The van der Waals surface area contributed by atoms with Crippen molar-refractivity contribution in [2.24, 2.45) is 5.41 Å². The lowest BCUT2D eigenvalue weighted by Gasteiger charge is -2.51. The van der Waals surface area contributed by atoms with Gasteiger partial charge in [-0.05, 0) is 43.1 Å². The molecule has 4 rings (SSSR count). The minimum absolute atomic E-state index is 0.0783. The van der Waals surface area contributed by atoms with Crippen LogP contribution < -0.4 is 4.90 Å². The van der Waals surface area contributed by atoms with Gasteiger partial charge in [0.05, 0.1) is 6.04 Å². The topological polar surface area (TPSA) is 43.9 Å². The molecule has 1 atom stereocenters. The van der Waals surface area contributed by atoms with E-state index in [0.29, 0.717) is 6.42 Å². The maximum atomic E-state index is 13.2. The Morgan fingerprint density at radius 1 is 1.13 bits per heavy atom. The number of thiocarbonyl (C=S) groups is 1. The molecule has 0 saturated carbocycles. The van der Waals surface area contributed by atoms with Crippen molar-refractivity contribution in [2.75, 3.05) is 25.5 Å². The number of anilines is 1. The maximum absolute atomic E-state index is 13.2. The number of carbonyl (C=O) groups is 2. The number of rotatable bonds is 0. The van der Waals surface area contributed by atoms with E-state index in [2.05, 4.69) is 11.0 Å². The van der Waals surface area contributed by atoms with Gasteiger partial charge in [0.1, 0.15) is 0 Å². The lowest BCUT2D eigenvalue weighted by atomic mass is 9.68. The van der Waals surface area contributed by atoms with Gasteiger partial charge in [0.15, 0.2) is 10.5 Å². The van der Waals surface area contributed by atoms with Gasteiger partial charge in [-0.15, -0.1) is 0 Å². The second-order valence-electron chi connectivity index (χ2n) is 6.64. The molecule has 0 bridgehead atoms. The maximum Gasteiger partial charge on any atom is 0.246 e. The Kier molecular flexibility index (Phi) is 3.04. The number of fused-ring (bicyclic) bond motifs is 4. The standard InChI is InChI=1S/C17H19N3O2S/c1-18-14(21)17(15(22)19(2)16(18)23)10-11-6-3-4-7-12(11)20-9-5-8-13(17)20/h3-4,6-7,13H,5,8-10H2,1-2H3/t13-/m1/s1. The molecule has 3 aliphatic rings. The van der Waals surface area contributed by atoms with Crippen molar-refractivity contribution in [3.63, 3.8) is 0 Å². The van der Waals surface area contributed by atoms with Crippen LogP contribution in [-0.4, -0.2) is 53.4 Å². The highest BCUT2D eigenvalue weighted by Crippen LogP contribution is 2.49. The summed E-state index contributed by atoms with van der Waals surface area (Å²) in [5, 5.41) is 0.286. The molecule has 6 heteroatoms. The zero-order valence-corrected chi connectivity index (χ0v) is 14.1. The fraction of sp³-hybridized carbons (Fsp3) is 0.471. The van der Waals surface area contributed by atoms with Crippen LogP contribution in [0, 0.1) is 5.41 Å². The summed E-state index contributed by atoms with van der Waals surface area (Å²) in [5.74, 6) is -0.311. The van der Waals surface area contributed by atoms with E-state index in [4.69, 9.17) is 12.2 Å². The van der Waals surface area contributed by atoms with Crippen LogP contribution in [0.4, 0.5) is 5.69 Å². The summed E-state index contributed by atoms with van der Waals surface area (Å²) >= 11 is 5.25. The van der Waals surface area contributed by atoms with Crippen LogP contribution in [-0.2, 0) is 16.0 Å². The third kappa shape index (κ3) is 1.70. The molecule has 1 aromatic rings. The van der Waals surface area contributed by atoms with E-state index in [1.165, 1.54) is 15.5 Å². The van der Waals surface area contributed by atoms with E-state index >= 15 is 0 Å². The Labute approximate surface area is 140 Å². The molecule has 0 aliphatic carbocycles. The highest BCUT2D eigenvalue weighted by atomic mass is 32.1. The third-order valence-electron chi connectivity index (χ3n) is 5.54. The van der Waals surface area contributed by atoms with Crippen molar-refractivity contribution in [2.45, 2.75) is 25.3 Å². The van der Waals surface area contributed by atoms with Crippen molar-refractivity contribution < 1.29 is 9.59 Å². The second kappa shape index (κ2) is 4.77. The number of amides is 2. The average Bonchev–Trinajstić information content (AvgIpc) is 3.07. The van der Waals surface area contributed by atoms with Gasteiger partial charge >= 0.3 is 0 Å². The first-order valence-electron chi connectivity index (χ1n) is 7.93. The zero-order valence-electron chi connectivity index (χ0n) is 13.3. The molecule has 0 unspecified atom stereocenters. The number of hydrogen-bond donors (Lipinski definition) is 0. The van der Waals surface area contributed by atoms with Crippen LogP contribution >= 0.6 is 12.2 Å². The summed E-state index contributed by atoms with van der Waals surface area (Å²) in [6, 6.07) is 8.03. The summed E-state index contributed by atoms with van der Waals surface area (Å²) in [6.07, 6.45) is 2.32. The lowest BCUT2D eigenvalue weighted by molar-refractivity contribution is -0.156. The molecule has 2 saturated heterocycles. The fourth-order valence-electron chi connectivity index (χ4n) is 4.45. The van der Waals surface area contributed by atoms with E-state index in [1.54, 1.807) is 14.1 Å². The molecule has 1 spiro atoms. The van der Waals surface area contributed by atoms with Gasteiger partial charge in [0.2, 0.25) is 11.8 Å². The fourth-order valence-corrected chi connectivity index (χ4v) is 4.62. The summed E-state index contributed by atoms with van der Waals surface area (Å²) in [5.41, 5.74) is 1.19. The van der Waals surface area contributed by atoms with Gasteiger partial charge in [-0.1, -0.05) is 18.2 Å². The second-order valence-corrected chi connectivity index (χ2v) is 7.00. The Morgan fingerprint density at radius 2 is 1.78 bits per heavy atom. The summed E-state index contributed by atoms with van der Waals surface area (Å²) in [6.45, 7) is 0.891. The monoisotopic (exact) mass is 329 g/mol. The van der Waals surface area contributed by atoms with Crippen LogP contribution in [0.25, 0.3) is 0 Å². The molecule has 2 fully saturated rings. The first-order chi connectivity index (χ1) is 11.0. The van der Waals surface area contributed by atoms with Crippen LogP contribution in [0.5, 0.6) is 0 Å². The van der Waals surface area contributed by atoms with E-state index in [-0.39, 0.29) is 23.0 Å². The Bertz CT molecular complexity index is 708. The molecular weight excluding hydrogens is 310 g/mol. The Balaban J connectivity index is 1.92. The van der Waals surface area contributed by atoms with Crippen LogP contribution in [0.1, 0.15) is 18.4 Å². The Morgan fingerprint density at radius 3 is 2.48 bits per heavy atom. The van der Waals surface area contributed by atoms with E-state index in [1.807, 2.05) is 18.2 Å². The summed E-state index contributed by atoms with van der Waals surface area (Å²) < 4.78 is 0. The SMILES string of the molecule is CN1C(=O)C2(Cc3ccccc3N3CCC[C@@H]32)C(=O)N(C)C1=S. The predicted molar refractivity (Wildman–Crippen MR) is 91.1 cm³/mol. The lowest BCUT2D eigenvalue weighted by Crippen LogP contribution is -2.70. The quantitative estimate of drug-likeness (QED) is 0.533. The van der Waals surface area contributed by atoms with Crippen molar-refractivity contribution in [1.82, 2.24) is 9.80 Å². The van der Waals surface area contributed by atoms with Crippen molar-refractivity contribution in [1.29, 1.82) is 0 Å². The van der Waals surface area contributed by atoms with Gasteiger partial charge in [0, 0.05) is 26.3 Å². The van der Waals surface area contributed by atoms with Crippen molar-refractivity contribution in [3.05, 3.63) is 29.8 Å². The molecule has 23 heavy (non-hydrogen) atoms. The normalized spacial score (nSPS) is 25.9. The van der Waals surface area contributed by atoms with Crippen molar-refractivity contribution in [3.8, 4) is 0 Å². The first kappa shape index (κ1) is 14.6. The number of para-hydroxylation sites is 1. The smallest absolute Gasteiger partial charge is 0.246 e. The van der Waals surface area contributed by atoms with Gasteiger partial charge < -0.3 is 4.90 Å². The minimum atomic E-state index is -1.04. The zero-order chi connectivity index (χ0) is 16.4. The van der Waals surface area contributed by atoms with Crippen molar-refractivity contribution >= 4 is 34.8 Å². The number of nitrogens with zero attached hydrogens (tertiary/aromatic N) is 3. The average molecular weight is 329 g/mol. The summed E-state index contributed by atoms with van der Waals surface area (Å²) in [7, 11) is 3.35. The number of benzene rings is 1. The molecule has 0 aromatic heterocycles.